The van der Waals surface area contributed by atoms with Gasteiger partial charge in [-0.25, -0.2) is 4.79 Å². The molecule has 2 unspecified atom stereocenters. The van der Waals surface area contributed by atoms with Crippen LogP contribution >= 0.6 is 22.4 Å². The Bertz CT molecular complexity index is 896. The summed E-state index contributed by atoms with van der Waals surface area (Å²) in [5, 5.41) is 8.80. The molecule has 1 heterocycles. The molecule has 2 aromatic carbocycles. The molecule has 1 aliphatic heterocycles. The second kappa shape index (κ2) is 9.26. The molecule has 0 amide bonds. The Morgan fingerprint density at radius 3 is 2.62 bits per heavy atom. The third-order valence-corrected chi connectivity index (χ3v) is 8.00. The molecule has 1 aliphatic rings. The van der Waals surface area contributed by atoms with Crippen molar-refractivity contribution in [3.63, 3.8) is 0 Å². The summed E-state index contributed by atoms with van der Waals surface area (Å²) >= 11 is 1.48. The second-order valence-corrected chi connectivity index (χ2v) is 10.1. The van der Waals surface area contributed by atoms with E-state index in [1.807, 2.05) is 30.5 Å². The monoisotopic (exact) mass is 434 g/mol. The van der Waals surface area contributed by atoms with Gasteiger partial charge in [0, 0.05) is 17.7 Å². The molecule has 0 spiro atoms. The third-order valence-electron chi connectivity index (χ3n) is 5.25. The molecule has 2 atom stereocenters. The van der Waals surface area contributed by atoms with E-state index >= 15 is 0 Å². The van der Waals surface area contributed by atoms with E-state index in [4.69, 9.17) is 9.84 Å². The highest BCUT2D eigenvalue weighted by Crippen LogP contribution is 2.59. The van der Waals surface area contributed by atoms with Gasteiger partial charge in [-0.3, -0.25) is 9.11 Å². The van der Waals surface area contributed by atoms with E-state index in [1.54, 1.807) is 6.07 Å². The maximum absolute atomic E-state index is 11.0. The topological polar surface area (TPSA) is 87.0 Å². The predicted octanol–water partition coefficient (Wildman–Crippen LogP) is 6.06. The number of carboxylic acid groups (broad SMARTS) is 1. The van der Waals surface area contributed by atoms with E-state index in [9.17, 15) is 13.9 Å². The molecule has 0 saturated carbocycles. The molecule has 3 N–H and O–H groups in total. The first-order valence-corrected chi connectivity index (χ1v) is 12.4. The van der Waals surface area contributed by atoms with Crippen LogP contribution in [0.5, 0.6) is 5.75 Å². The molecule has 0 fully saturated rings. The second-order valence-electron chi connectivity index (χ2n) is 7.11. The first-order chi connectivity index (χ1) is 13.9. The van der Waals surface area contributed by atoms with Crippen molar-refractivity contribution in [3.05, 3.63) is 65.9 Å². The molecule has 29 heavy (non-hydrogen) atoms. The first-order valence-electron chi connectivity index (χ1n) is 9.44. The van der Waals surface area contributed by atoms with Crippen molar-refractivity contribution in [2.45, 2.75) is 35.5 Å². The maximum Gasteiger partial charge on any atom is 0.331 e. The molecule has 156 valence electrons. The van der Waals surface area contributed by atoms with Gasteiger partial charge < -0.3 is 9.84 Å². The van der Waals surface area contributed by atoms with Crippen LogP contribution in [0, 0.1) is 5.92 Å². The van der Waals surface area contributed by atoms with Gasteiger partial charge in [0.25, 0.3) is 0 Å². The minimum Gasteiger partial charge on any atom is -0.478 e. The highest BCUT2D eigenvalue weighted by molar-refractivity contribution is 8.24. The molecule has 0 aliphatic carbocycles. The summed E-state index contributed by atoms with van der Waals surface area (Å²) in [6.07, 6.45) is 5.64. The summed E-state index contributed by atoms with van der Waals surface area (Å²) in [5.74, 6) is -0.117. The first kappa shape index (κ1) is 21.8. The quantitative estimate of drug-likeness (QED) is 0.291. The van der Waals surface area contributed by atoms with Gasteiger partial charge in [-0.15, -0.1) is 11.8 Å². The number of benzene rings is 2. The van der Waals surface area contributed by atoms with Crippen LogP contribution in [0.3, 0.4) is 0 Å². The fourth-order valence-electron chi connectivity index (χ4n) is 3.76. The summed E-state index contributed by atoms with van der Waals surface area (Å²) in [5.41, 5.74) is 2.06. The highest BCUT2D eigenvalue weighted by atomic mass is 32.3. The van der Waals surface area contributed by atoms with Crippen LogP contribution < -0.4 is 4.74 Å². The maximum atomic E-state index is 11.0. The zero-order valence-corrected chi connectivity index (χ0v) is 18.1. The number of ether oxygens (including phenoxy) is 1. The molecular formula is C22H26O5S2. The van der Waals surface area contributed by atoms with E-state index in [-0.39, 0.29) is 11.8 Å². The summed E-state index contributed by atoms with van der Waals surface area (Å²) in [4.78, 5) is 12.1. The summed E-state index contributed by atoms with van der Waals surface area (Å²) < 4.78 is 27.6. The number of carboxylic acids is 1. The lowest BCUT2D eigenvalue weighted by Crippen LogP contribution is -2.12. The lowest BCUT2D eigenvalue weighted by molar-refractivity contribution is -0.131. The third kappa shape index (κ3) is 4.98. The molecule has 7 heteroatoms. The van der Waals surface area contributed by atoms with Crippen LogP contribution in [0.15, 0.2) is 64.6 Å². The molecule has 0 bridgehead atoms. The van der Waals surface area contributed by atoms with Crippen molar-refractivity contribution >= 4 is 28.3 Å². The largest absolute Gasteiger partial charge is 0.478 e. The summed E-state index contributed by atoms with van der Waals surface area (Å²) in [7, 11) is -3.00. The zero-order valence-electron chi connectivity index (χ0n) is 16.4. The van der Waals surface area contributed by atoms with Crippen LogP contribution in [0.2, 0.25) is 0 Å². The molecule has 0 aromatic heterocycles. The van der Waals surface area contributed by atoms with E-state index in [0.29, 0.717) is 16.4 Å². The number of fused-ring (bicyclic) bond motifs is 1. The number of thioether (sulfide) groups is 1. The smallest absolute Gasteiger partial charge is 0.331 e. The predicted molar refractivity (Wildman–Crippen MR) is 118 cm³/mol. The van der Waals surface area contributed by atoms with Gasteiger partial charge in [-0.05, 0) is 35.8 Å². The van der Waals surface area contributed by atoms with Crippen molar-refractivity contribution in [2.24, 2.45) is 5.92 Å². The number of hydrogen-bond donors (Lipinski definition) is 3. The van der Waals surface area contributed by atoms with Gasteiger partial charge in [0.1, 0.15) is 5.75 Å². The van der Waals surface area contributed by atoms with Crippen molar-refractivity contribution in [1.82, 2.24) is 0 Å². The minimum atomic E-state index is -3.00. The molecule has 0 saturated heterocycles. The Labute approximate surface area is 177 Å². The van der Waals surface area contributed by atoms with Gasteiger partial charge in [0.15, 0.2) is 0 Å². The molecular weight excluding hydrogens is 408 g/mol. The van der Waals surface area contributed by atoms with E-state index in [2.05, 4.69) is 19.1 Å². The van der Waals surface area contributed by atoms with Crippen molar-refractivity contribution in [2.75, 3.05) is 12.0 Å². The van der Waals surface area contributed by atoms with E-state index in [1.165, 1.54) is 11.8 Å². The lowest BCUT2D eigenvalue weighted by Gasteiger charge is -2.35. The molecule has 2 aromatic rings. The van der Waals surface area contributed by atoms with Crippen LogP contribution in [0.1, 0.15) is 36.8 Å². The average molecular weight is 435 g/mol. The van der Waals surface area contributed by atoms with Gasteiger partial charge in [0.2, 0.25) is 0 Å². The standard InChI is InChI=1S/C22H26O5S2/c1-3-15-11-17(16-7-5-4-6-8-16)18-12-20(28-2)19(27-10-9-22(23)24)13-21(18)29(25,26)14-15/h4-10,12-13,15,17,25-26H,3,11,14H2,1-2H3,(H,23,24)/b10-9+. The Morgan fingerprint density at radius 2 is 2.00 bits per heavy atom. The Hall–Kier alpha value is -1.93. The SMILES string of the molecule is CCC1CC(c2ccccc2)c2cc(SC)c(O/C=C/C(=O)O)cc2S(O)(O)C1. The fourth-order valence-corrected chi connectivity index (χ4v) is 6.40. The molecule has 3 rings (SSSR count). The van der Waals surface area contributed by atoms with Crippen molar-refractivity contribution in [3.8, 4) is 5.75 Å². The Kier molecular flexibility index (Phi) is 6.95. The van der Waals surface area contributed by atoms with E-state index < -0.39 is 16.6 Å². The normalized spacial score (nSPS) is 21.9. The van der Waals surface area contributed by atoms with Crippen LogP contribution in [0.25, 0.3) is 0 Å². The van der Waals surface area contributed by atoms with Gasteiger partial charge >= 0.3 is 5.97 Å². The number of carbonyl (C=O) groups is 1. The fraction of sp³-hybridized carbons (Fsp3) is 0.318. The summed E-state index contributed by atoms with van der Waals surface area (Å²) in [6, 6.07) is 13.8. The number of rotatable bonds is 6. The van der Waals surface area contributed by atoms with Gasteiger partial charge in [-0.1, -0.05) is 43.7 Å². The summed E-state index contributed by atoms with van der Waals surface area (Å²) in [6.45, 7) is 2.08. The molecule has 0 radical (unpaired) electrons. The molecule has 5 nitrogen and oxygen atoms in total. The van der Waals surface area contributed by atoms with Crippen molar-refractivity contribution < 1.29 is 23.7 Å². The van der Waals surface area contributed by atoms with E-state index in [0.717, 1.165) is 41.2 Å². The van der Waals surface area contributed by atoms with Gasteiger partial charge in [-0.2, -0.15) is 10.6 Å². The minimum absolute atomic E-state index is 0.0549. The Balaban J connectivity index is 2.15. The average Bonchev–Trinajstić information content (AvgIpc) is 2.81. The van der Waals surface area contributed by atoms with Gasteiger partial charge in [0.05, 0.1) is 22.1 Å². The lowest BCUT2D eigenvalue weighted by atomic mass is 9.83. The van der Waals surface area contributed by atoms with Crippen LogP contribution in [0.4, 0.5) is 0 Å². The zero-order chi connectivity index (χ0) is 21.0. The highest BCUT2D eigenvalue weighted by Gasteiger charge is 2.34. The number of aliphatic carboxylic acids is 1. The van der Waals surface area contributed by atoms with Crippen molar-refractivity contribution in [1.29, 1.82) is 0 Å². The Morgan fingerprint density at radius 1 is 1.28 bits per heavy atom. The van der Waals surface area contributed by atoms with Crippen LogP contribution in [-0.2, 0) is 4.79 Å². The number of hydrogen-bond acceptors (Lipinski definition) is 5. The van der Waals surface area contributed by atoms with Crippen LogP contribution in [-0.4, -0.2) is 32.2 Å².